The van der Waals surface area contributed by atoms with Crippen LogP contribution in [0.3, 0.4) is 0 Å². The van der Waals surface area contributed by atoms with Gasteiger partial charge in [0.05, 0.1) is 0 Å². The van der Waals surface area contributed by atoms with E-state index >= 15 is 0 Å². The van der Waals surface area contributed by atoms with Gasteiger partial charge in [-0.3, -0.25) is 0 Å². The molecule has 0 unspecified atom stereocenters. The van der Waals surface area contributed by atoms with E-state index in [0.717, 1.165) is 25.7 Å². The molecule has 0 aromatic carbocycles. The molecule has 0 aliphatic heterocycles. The molecule has 0 nitrogen and oxygen atoms in total. The molecule has 0 atom stereocenters. The lowest BCUT2D eigenvalue weighted by molar-refractivity contribution is 0.977. The van der Waals surface area contributed by atoms with Crippen LogP contribution in [0.2, 0.25) is 0 Å². The van der Waals surface area contributed by atoms with Crippen LogP contribution in [0.4, 0.5) is 0 Å². The third-order valence-corrected chi connectivity index (χ3v) is 2.72. The Bertz CT molecular complexity index is 337. The summed E-state index contributed by atoms with van der Waals surface area (Å²) in [6.07, 6.45) is 12.5. The molecule has 0 saturated carbocycles. The molecule has 0 N–H and O–H groups in total. The molecule has 0 heteroatoms. The molecule has 0 amide bonds. The van der Waals surface area contributed by atoms with Crippen LogP contribution in [0.5, 0.6) is 0 Å². The second-order valence-electron chi connectivity index (χ2n) is 5.30. The van der Waals surface area contributed by atoms with Gasteiger partial charge in [0, 0.05) is 0 Å². The average Bonchev–Trinajstić information content (AvgIpc) is 2.38. The maximum atomic E-state index is 3.82. The van der Waals surface area contributed by atoms with Crippen LogP contribution in [0.1, 0.15) is 53.4 Å². The smallest absolute Gasteiger partial charge is 0.0291 e. The zero-order chi connectivity index (χ0) is 16.0. The highest BCUT2D eigenvalue weighted by Gasteiger charge is 1.84. The SMILES string of the molecule is C=CC(C)=CCCC(=C)C.C=CC(C)=CCCC(=C)C. The fraction of sp³-hybridized carbons (Fsp3) is 0.400. The largest absolute Gasteiger partial charge is 0.100 e. The zero-order valence-electron chi connectivity index (χ0n) is 14.0. The average molecular weight is 272 g/mol. The Kier molecular flexibility index (Phi) is 14.4. The standard InChI is InChI=1S/2C10H16/c2*1-5-10(4)8-6-7-9(2)3/h2*5,8H,1-2,6-7H2,3-4H3. The highest BCUT2D eigenvalue weighted by Crippen LogP contribution is 2.04. The summed E-state index contributed by atoms with van der Waals surface area (Å²) in [7, 11) is 0. The van der Waals surface area contributed by atoms with E-state index in [1.165, 1.54) is 22.3 Å². The zero-order valence-corrected chi connectivity index (χ0v) is 14.0. The minimum Gasteiger partial charge on any atom is -0.100 e. The molecular weight excluding hydrogens is 240 g/mol. The van der Waals surface area contributed by atoms with Gasteiger partial charge in [0.2, 0.25) is 0 Å². The molecule has 112 valence electrons. The van der Waals surface area contributed by atoms with Gasteiger partial charge < -0.3 is 0 Å². The Morgan fingerprint density at radius 1 is 0.700 bits per heavy atom. The summed E-state index contributed by atoms with van der Waals surface area (Å²) in [6, 6.07) is 0. The molecule has 0 spiro atoms. The molecule has 0 aliphatic rings. The van der Waals surface area contributed by atoms with Gasteiger partial charge in [-0.2, -0.15) is 0 Å². The molecule has 0 saturated heterocycles. The highest BCUT2D eigenvalue weighted by molar-refractivity contribution is 5.13. The molecule has 0 aromatic heterocycles. The lowest BCUT2D eigenvalue weighted by Crippen LogP contribution is -1.73. The first-order valence-corrected chi connectivity index (χ1v) is 7.20. The Morgan fingerprint density at radius 3 is 1.20 bits per heavy atom. The first kappa shape index (κ1) is 20.8. The lowest BCUT2D eigenvalue weighted by atomic mass is 10.1. The molecule has 20 heavy (non-hydrogen) atoms. The van der Waals surface area contributed by atoms with Gasteiger partial charge >= 0.3 is 0 Å². The van der Waals surface area contributed by atoms with E-state index in [-0.39, 0.29) is 0 Å². The first-order valence-electron chi connectivity index (χ1n) is 7.20. The van der Waals surface area contributed by atoms with Crippen LogP contribution in [-0.2, 0) is 0 Å². The van der Waals surface area contributed by atoms with Crippen LogP contribution < -0.4 is 0 Å². The summed E-state index contributed by atoms with van der Waals surface area (Å²) in [5.74, 6) is 0. The summed E-state index contributed by atoms with van der Waals surface area (Å²) < 4.78 is 0. The van der Waals surface area contributed by atoms with E-state index in [9.17, 15) is 0 Å². The summed E-state index contributed by atoms with van der Waals surface area (Å²) in [6.45, 7) is 23.2. The van der Waals surface area contributed by atoms with Crippen molar-refractivity contribution in [2.24, 2.45) is 0 Å². The summed E-state index contributed by atoms with van der Waals surface area (Å²) in [5.41, 5.74) is 4.99. The maximum Gasteiger partial charge on any atom is -0.0291 e. The second-order valence-corrected chi connectivity index (χ2v) is 5.30. The van der Waals surface area contributed by atoms with Gasteiger partial charge in [0.25, 0.3) is 0 Å². The van der Waals surface area contributed by atoms with E-state index in [0.29, 0.717) is 0 Å². The summed E-state index contributed by atoms with van der Waals surface area (Å²) in [5, 5.41) is 0. The van der Waals surface area contributed by atoms with Gasteiger partial charge in [0.15, 0.2) is 0 Å². The molecular formula is C20H32. The van der Waals surface area contributed by atoms with Gasteiger partial charge in [-0.1, -0.05) is 59.8 Å². The quantitative estimate of drug-likeness (QED) is 0.331. The predicted molar refractivity (Wildman–Crippen MR) is 96.0 cm³/mol. The van der Waals surface area contributed by atoms with Crippen molar-refractivity contribution in [1.29, 1.82) is 0 Å². The molecule has 0 rings (SSSR count). The summed E-state index contributed by atoms with van der Waals surface area (Å²) >= 11 is 0. The number of hydrogen-bond donors (Lipinski definition) is 0. The van der Waals surface area contributed by atoms with Gasteiger partial charge in [-0.05, 0) is 53.4 Å². The molecule has 0 aliphatic carbocycles. The normalized spacial score (nSPS) is 11.2. The first-order chi connectivity index (χ1) is 9.33. The van der Waals surface area contributed by atoms with Crippen molar-refractivity contribution in [3.05, 3.63) is 72.9 Å². The second kappa shape index (κ2) is 13.9. The van der Waals surface area contributed by atoms with Crippen molar-refractivity contribution in [3.63, 3.8) is 0 Å². The van der Waals surface area contributed by atoms with Crippen LogP contribution in [-0.4, -0.2) is 0 Å². The fourth-order valence-corrected chi connectivity index (χ4v) is 1.26. The van der Waals surface area contributed by atoms with Gasteiger partial charge in [-0.15, -0.1) is 13.2 Å². The fourth-order valence-electron chi connectivity index (χ4n) is 1.26. The minimum atomic E-state index is 1.09. The number of allylic oxidation sites excluding steroid dienone is 8. The van der Waals surface area contributed by atoms with Crippen molar-refractivity contribution < 1.29 is 0 Å². The van der Waals surface area contributed by atoms with E-state index < -0.39 is 0 Å². The number of hydrogen-bond acceptors (Lipinski definition) is 0. The van der Waals surface area contributed by atoms with Crippen molar-refractivity contribution >= 4 is 0 Å². The van der Waals surface area contributed by atoms with Crippen LogP contribution in [0.15, 0.2) is 72.9 Å². The van der Waals surface area contributed by atoms with Crippen molar-refractivity contribution in [1.82, 2.24) is 0 Å². The minimum absolute atomic E-state index is 1.09. The third-order valence-electron chi connectivity index (χ3n) is 2.72. The summed E-state index contributed by atoms with van der Waals surface area (Å²) in [4.78, 5) is 0. The monoisotopic (exact) mass is 272 g/mol. The van der Waals surface area contributed by atoms with Crippen molar-refractivity contribution in [2.45, 2.75) is 53.4 Å². The highest BCUT2D eigenvalue weighted by atomic mass is 13.9. The molecule has 0 fully saturated rings. The third kappa shape index (κ3) is 18.8. The van der Waals surface area contributed by atoms with Gasteiger partial charge in [-0.25, -0.2) is 0 Å². The Balaban J connectivity index is 0. The van der Waals surface area contributed by atoms with Crippen molar-refractivity contribution in [3.8, 4) is 0 Å². The van der Waals surface area contributed by atoms with E-state index in [1.807, 2.05) is 12.2 Å². The topological polar surface area (TPSA) is 0 Å². The van der Waals surface area contributed by atoms with E-state index in [4.69, 9.17) is 0 Å². The van der Waals surface area contributed by atoms with Crippen LogP contribution in [0, 0.1) is 0 Å². The molecule has 0 bridgehead atoms. The van der Waals surface area contributed by atoms with Crippen LogP contribution in [0.25, 0.3) is 0 Å². The maximum absolute atomic E-state index is 3.82. The molecule has 0 radical (unpaired) electrons. The molecule has 0 heterocycles. The Labute approximate surface area is 127 Å². The lowest BCUT2D eigenvalue weighted by Gasteiger charge is -1.93. The predicted octanol–water partition coefficient (Wildman–Crippen LogP) is 6.95. The van der Waals surface area contributed by atoms with Gasteiger partial charge in [0.1, 0.15) is 0 Å². The van der Waals surface area contributed by atoms with Crippen LogP contribution >= 0.6 is 0 Å². The Hall–Kier alpha value is -1.56. The van der Waals surface area contributed by atoms with E-state index in [1.54, 1.807) is 0 Å². The molecule has 0 aromatic rings. The van der Waals surface area contributed by atoms with Crippen molar-refractivity contribution in [2.75, 3.05) is 0 Å². The Morgan fingerprint density at radius 2 is 1.00 bits per heavy atom. The van der Waals surface area contributed by atoms with E-state index in [2.05, 4.69) is 66.2 Å². The number of rotatable bonds is 8.